The van der Waals surface area contributed by atoms with Gasteiger partial charge in [0.1, 0.15) is 0 Å². The third-order valence-electron chi connectivity index (χ3n) is 1.18. The Kier molecular flexibility index (Phi) is 5.47. The fraction of sp³-hybridized carbons (Fsp3) is 0.625. The molecule has 0 heterocycles. The summed E-state index contributed by atoms with van der Waals surface area (Å²) in [6, 6.07) is 0. The second-order valence-corrected chi connectivity index (χ2v) is 2.83. The smallest absolute Gasteiger partial charge is 0.0412 e. The van der Waals surface area contributed by atoms with Gasteiger partial charge in [-0.05, 0) is 17.7 Å². The molecule has 0 unspecified atom stereocenters. The first-order chi connectivity index (χ1) is 5.20. The van der Waals surface area contributed by atoms with Crippen molar-refractivity contribution < 1.29 is 0 Å². The summed E-state index contributed by atoms with van der Waals surface area (Å²) in [4.78, 5) is 4.16. The van der Waals surface area contributed by atoms with Gasteiger partial charge in [-0.3, -0.25) is 4.99 Å². The molecule has 0 aliphatic carbocycles. The van der Waals surface area contributed by atoms with Crippen LogP contribution in [-0.4, -0.2) is 19.3 Å². The maximum atomic E-state index is 5.36. The highest BCUT2D eigenvalue weighted by Crippen LogP contribution is 1.91. The zero-order valence-corrected chi connectivity index (χ0v) is 7.25. The van der Waals surface area contributed by atoms with Crippen LogP contribution in [0.3, 0.4) is 0 Å². The van der Waals surface area contributed by atoms with Crippen molar-refractivity contribution in [2.75, 3.05) is 13.1 Å². The summed E-state index contributed by atoms with van der Waals surface area (Å²) in [7, 11) is 0. The zero-order chi connectivity index (χ0) is 8.69. The highest BCUT2D eigenvalue weighted by molar-refractivity contribution is 5.78. The molecular weight excluding hydrogens is 138 g/mol. The van der Waals surface area contributed by atoms with Gasteiger partial charge in [-0.2, -0.15) is 0 Å². The predicted molar refractivity (Wildman–Crippen MR) is 49.5 cm³/mol. The summed E-state index contributed by atoms with van der Waals surface area (Å²) < 4.78 is 0. The first kappa shape index (κ1) is 10.2. The van der Waals surface area contributed by atoms with Crippen LogP contribution in [0.4, 0.5) is 0 Å². The van der Waals surface area contributed by atoms with E-state index in [0.29, 0.717) is 12.5 Å². The molecule has 3 nitrogen and oxygen atoms in total. The Bertz CT molecular complexity index is 147. The summed E-state index contributed by atoms with van der Waals surface area (Å²) in [6.45, 7) is 5.52. The van der Waals surface area contributed by atoms with Crippen LogP contribution in [0.25, 0.3) is 0 Å². The van der Waals surface area contributed by atoms with Gasteiger partial charge in [-0.15, -0.1) is 0 Å². The quantitative estimate of drug-likeness (QED) is 0.581. The molecule has 0 saturated heterocycles. The molecule has 0 aromatic heterocycles. The van der Waals surface area contributed by atoms with Gasteiger partial charge in [-0.1, -0.05) is 13.8 Å². The van der Waals surface area contributed by atoms with Gasteiger partial charge in [0.05, 0.1) is 0 Å². The van der Waals surface area contributed by atoms with Crippen LogP contribution >= 0.6 is 0 Å². The molecule has 0 spiro atoms. The fourth-order valence-electron chi connectivity index (χ4n) is 0.545. The Morgan fingerprint density at radius 3 is 2.55 bits per heavy atom. The van der Waals surface area contributed by atoms with E-state index in [1.807, 2.05) is 0 Å². The van der Waals surface area contributed by atoms with Gasteiger partial charge in [0.2, 0.25) is 0 Å². The summed E-state index contributed by atoms with van der Waals surface area (Å²) in [5.41, 5.74) is 11.5. The van der Waals surface area contributed by atoms with E-state index in [1.165, 1.54) is 6.20 Å². The molecule has 64 valence electrons. The van der Waals surface area contributed by atoms with Gasteiger partial charge in [0.15, 0.2) is 0 Å². The molecule has 0 aliphatic rings. The topological polar surface area (TPSA) is 64.4 Å². The average Bonchev–Trinajstić information content (AvgIpc) is 1.98. The minimum atomic E-state index is 0.456. The second-order valence-electron chi connectivity index (χ2n) is 2.83. The average molecular weight is 155 g/mol. The fourth-order valence-corrected chi connectivity index (χ4v) is 0.545. The van der Waals surface area contributed by atoms with E-state index in [1.54, 1.807) is 6.21 Å². The summed E-state index contributed by atoms with van der Waals surface area (Å²) in [5, 5.41) is 0. The standard InChI is InChI=1S/C8H17N3/c1-7(2)5-11-6-8(3-9)4-10/h3,6-7H,4-5,9-10H2,1-2H3. The van der Waals surface area contributed by atoms with E-state index >= 15 is 0 Å². The van der Waals surface area contributed by atoms with Crippen molar-refractivity contribution >= 4 is 6.21 Å². The van der Waals surface area contributed by atoms with Crippen molar-refractivity contribution in [3.05, 3.63) is 11.8 Å². The van der Waals surface area contributed by atoms with Gasteiger partial charge >= 0.3 is 0 Å². The molecule has 0 bridgehead atoms. The number of rotatable bonds is 4. The lowest BCUT2D eigenvalue weighted by Crippen LogP contribution is -2.06. The monoisotopic (exact) mass is 155 g/mol. The van der Waals surface area contributed by atoms with E-state index in [2.05, 4.69) is 18.8 Å². The molecule has 3 heteroatoms. The van der Waals surface area contributed by atoms with Crippen molar-refractivity contribution in [3.8, 4) is 0 Å². The minimum Gasteiger partial charge on any atom is -0.404 e. The first-order valence-electron chi connectivity index (χ1n) is 3.81. The van der Waals surface area contributed by atoms with Gasteiger partial charge < -0.3 is 11.5 Å². The van der Waals surface area contributed by atoms with E-state index < -0.39 is 0 Å². The molecule has 0 atom stereocenters. The molecule has 0 fully saturated rings. The van der Waals surface area contributed by atoms with Gasteiger partial charge in [0, 0.05) is 19.3 Å². The van der Waals surface area contributed by atoms with Crippen LogP contribution in [0.2, 0.25) is 0 Å². The molecule has 4 N–H and O–H groups in total. The molecule has 0 radical (unpaired) electrons. The largest absolute Gasteiger partial charge is 0.404 e. The lowest BCUT2D eigenvalue weighted by molar-refractivity contribution is 0.667. The van der Waals surface area contributed by atoms with Crippen molar-refractivity contribution in [1.29, 1.82) is 0 Å². The summed E-state index contributed by atoms with van der Waals surface area (Å²) in [6.07, 6.45) is 3.23. The number of nitrogens with two attached hydrogens (primary N) is 2. The normalized spacial score (nSPS) is 13.3. The third kappa shape index (κ3) is 5.61. The number of aliphatic imine (C=N–C) groups is 1. The Hall–Kier alpha value is -0.830. The lowest BCUT2D eigenvalue weighted by atomic mass is 10.2. The van der Waals surface area contributed by atoms with E-state index in [4.69, 9.17) is 11.5 Å². The van der Waals surface area contributed by atoms with Crippen molar-refractivity contribution in [2.45, 2.75) is 13.8 Å². The van der Waals surface area contributed by atoms with E-state index in [-0.39, 0.29) is 0 Å². The Morgan fingerprint density at radius 2 is 2.18 bits per heavy atom. The second kappa shape index (κ2) is 5.92. The molecule has 0 saturated carbocycles. The van der Waals surface area contributed by atoms with E-state index in [9.17, 15) is 0 Å². The molecular formula is C8H17N3. The van der Waals surface area contributed by atoms with Crippen LogP contribution in [-0.2, 0) is 0 Å². The Balaban J connectivity index is 3.72. The van der Waals surface area contributed by atoms with Crippen molar-refractivity contribution in [2.24, 2.45) is 22.4 Å². The zero-order valence-electron chi connectivity index (χ0n) is 7.25. The van der Waals surface area contributed by atoms with E-state index in [0.717, 1.165) is 12.1 Å². The first-order valence-corrected chi connectivity index (χ1v) is 3.81. The summed E-state index contributed by atoms with van der Waals surface area (Å²) in [5.74, 6) is 0.586. The number of hydrogen-bond acceptors (Lipinski definition) is 3. The van der Waals surface area contributed by atoms with Gasteiger partial charge in [-0.25, -0.2) is 0 Å². The van der Waals surface area contributed by atoms with Crippen LogP contribution < -0.4 is 11.5 Å². The summed E-state index contributed by atoms with van der Waals surface area (Å²) >= 11 is 0. The molecule has 0 aromatic rings. The predicted octanol–water partition coefficient (Wildman–Crippen LogP) is 0.515. The maximum absolute atomic E-state index is 5.36. The molecule has 11 heavy (non-hydrogen) atoms. The maximum Gasteiger partial charge on any atom is 0.0412 e. The lowest BCUT2D eigenvalue weighted by Gasteiger charge is -1.97. The highest BCUT2D eigenvalue weighted by atomic mass is 14.7. The van der Waals surface area contributed by atoms with Crippen LogP contribution in [0.5, 0.6) is 0 Å². The molecule has 0 amide bonds. The van der Waals surface area contributed by atoms with Crippen molar-refractivity contribution in [3.63, 3.8) is 0 Å². The van der Waals surface area contributed by atoms with Gasteiger partial charge in [0.25, 0.3) is 0 Å². The highest BCUT2D eigenvalue weighted by Gasteiger charge is 1.89. The molecule has 0 aliphatic heterocycles. The van der Waals surface area contributed by atoms with Crippen LogP contribution in [0.1, 0.15) is 13.8 Å². The van der Waals surface area contributed by atoms with Crippen molar-refractivity contribution in [1.82, 2.24) is 0 Å². The third-order valence-corrected chi connectivity index (χ3v) is 1.18. The van der Waals surface area contributed by atoms with Crippen LogP contribution in [0.15, 0.2) is 16.8 Å². The molecule has 0 aromatic carbocycles. The Morgan fingerprint density at radius 1 is 1.55 bits per heavy atom. The minimum absolute atomic E-state index is 0.456. The number of nitrogens with zero attached hydrogens (tertiary/aromatic N) is 1. The number of hydrogen-bond donors (Lipinski definition) is 2. The SMILES string of the molecule is CC(C)CN=CC(=CN)CN. The van der Waals surface area contributed by atoms with Crippen LogP contribution in [0, 0.1) is 5.92 Å². The Labute approximate surface area is 68.2 Å². The molecule has 0 rings (SSSR count).